The molecular weight excluding hydrogens is 224 g/mol. The van der Waals surface area contributed by atoms with Gasteiger partial charge in [-0.1, -0.05) is 44.9 Å². The predicted octanol–water partition coefficient (Wildman–Crippen LogP) is 2.69. The number of hydrogen-bond acceptors (Lipinski definition) is 2. The van der Waals surface area contributed by atoms with Crippen LogP contribution in [-0.2, 0) is 4.79 Å². The lowest BCUT2D eigenvalue weighted by molar-refractivity contribution is -0.133. The van der Waals surface area contributed by atoms with Crippen molar-refractivity contribution < 1.29 is 4.79 Å². The Kier molecular flexibility index (Phi) is 5.04. The lowest BCUT2D eigenvalue weighted by Crippen LogP contribution is -2.46. The smallest absolute Gasteiger partial charge is 0.239 e. The molecule has 104 valence electrons. The van der Waals surface area contributed by atoms with Gasteiger partial charge in [0.15, 0.2) is 0 Å². The van der Waals surface area contributed by atoms with Crippen molar-refractivity contribution in [2.45, 2.75) is 76.3 Å². The van der Waals surface area contributed by atoms with E-state index < -0.39 is 0 Å². The minimum Gasteiger partial charge on any atom is -0.341 e. The van der Waals surface area contributed by atoms with Crippen LogP contribution in [0.2, 0.25) is 0 Å². The average Bonchev–Trinajstić information content (AvgIpc) is 2.92. The minimum absolute atomic E-state index is 0.174. The molecular formula is C15H28N2O. The Hall–Kier alpha value is -0.570. The zero-order chi connectivity index (χ0) is 13.0. The highest BCUT2D eigenvalue weighted by Gasteiger charge is 2.28. The van der Waals surface area contributed by atoms with Crippen molar-refractivity contribution in [1.29, 1.82) is 0 Å². The van der Waals surface area contributed by atoms with Gasteiger partial charge in [-0.25, -0.2) is 0 Å². The molecule has 0 aliphatic heterocycles. The van der Waals surface area contributed by atoms with Crippen molar-refractivity contribution in [3.05, 3.63) is 0 Å². The summed E-state index contributed by atoms with van der Waals surface area (Å²) in [7, 11) is 1.94. The maximum absolute atomic E-state index is 12.3. The summed E-state index contributed by atoms with van der Waals surface area (Å²) in [5, 5.41) is 0. The quantitative estimate of drug-likeness (QED) is 0.836. The van der Waals surface area contributed by atoms with Crippen LogP contribution in [0.15, 0.2) is 0 Å². The number of amides is 1. The molecule has 1 unspecified atom stereocenters. The molecule has 0 bridgehead atoms. The fourth-order valence-electron chi connectivity index (χ4n) is 3.62. The van der Waals surface area contributed by atoms with Gasteiger partial charge in [-0.3, -0.25) is 4.79 Å². The Balaban J connectivity index is 1.79. The third-order valence-electron chi connectivity index (χ3n) is 4.85. The highest BCUT2D eigenvalue weighted by molar-refractivity contribution is 5.81. The normalized spacial score (nSPS) is 24.1. The fourth-order valence-corrected chi connectivity index (χ4v) is 3.62. The molecule has 0 aromatic carbocycles. The number of nitrogens with two attached hydrogens (primary N) is 1. The van der Waals surface area contributed by atoms with Crippen LogP contribution in [0.3, 0.4) is 0 Å². The molecule has 3 nitrogen and oxygen atoms in total. The SMILES string of the molecule is CN(C(=O)C(N)CC1CCCCC1)C1CCCC1. The number of carbonyl (C=O) groups is 1. The van der Waals surface area contributed by atoms with Gasteiger partial charge in [-0.15, -0.1) is 0 Å². The van der Waals surface area contributed by atoms with Gasteiger partial charge in [0.25, 0.3) is 0 Å². The van der Waals surface area contributed by atoms with Gasteiger partial charge < -0.3 is 10.6 Å². The van der Waals surface area contributed by atoms with Crippen molar-refractivity contribution in [2.24, 2.45) is 11.7 Å². The van der Waals surface area contributed by atoms with E-state index in [1.54, 1.807) is 0 Å². The number of hydrogen-bond donors (Lipinski definition) is 1. The summed E-state index contributed by atoms with van der Waals surface area (Å²) in [4.78, 5) is 14.2. The van der Waals surface area contributed by atoms with Gasteiger partial charge >= 0.3 is 0 Å². The van der Waals surface area contributed by atoms with E-state index in [0.29, 0.717) is 12.0 Å². The first-order valence-corrected chi connectivity index (χ1v) is 7.70. The molecule has 0 radical (unpaired) electrons. The number of rotatable bonds is 4. The molecule has 2 saturated carbocycles. The topological polar surface area (TPSA) is 46.3 Å². The highest BCUT2D eigenvalue weighted by Crippen LogP contribution is 2.28. The van der Waals surface area contributed by atoms with Gasteiger partial charge in [-0.05, 0) is 25.2 Å². The summed E-state index contributed by atoms with van der Waals surface area (Å²) in [5.74, 6) is 0.863. The first kappa shape index (κ1) is 13.9. The van der Waals surface area contributed by atoms with Gasteiger partial charge in [0.1, 0.15) is 0 Å². The zero-order valence-corrected chi connectivity index (χ0v) is 11.7. The molecule has 0 aromatic rings. The van der Waals surface area contributed by atoms with Crippen LogP contribution in [0.1, 0.15) is 64.2 Å². The molecule has 0 aromatic heterocycles. The average molecular weight is 252 g/mol. The van der Waals surface area contributed by atoms with E-state index in [1.165, 1.54) is 57.8 Å². The van der Waals surface area contributed by atoms with E-state index in [9.17, 15) is 4.79 Å². The molecule has 2 aliphatic carbocycles. The Morgan fingerprint density at radius 1 is 1.11 bits per heavy atom. The zero-order valence-electron chi connectivity index (χ0n) is 11.7. The maximum atomic E-state index is 12.3. The predicted molar refractivity (Wildman–Crippen MR) is 74.2 cm³/mol. The summed E-state index contributed by atoms with van der Waals surface area (Å²) in [5.41, 5.74) is 6.13. The van der Waals surface area contributed by atoms with Crippen molar-refractivity contribution >= 4 is 5.91 Å². The van der Waals surface area contributed by atoms with Crippen LogP contribution in [0.5, 0.6) is 0 Å². The van der Waals surface area contributed by atoms with Gasteiger partial charge in [0, 0.05) is 13.1 Å². The second-order valence-electron chi connectivity index (χ2n) is 6.23. The second-order valence-corrected chi connectivity index (χ2v) is 6.23. The largest absolute Gasteiger partial charge is 0.341 e. The number of carbonyl (C=O) groups excluding carboxylic acids is 1. The van der Waals surface area contributed by atoms with Gasteiger partial charge in [0.2, 0.25) is 5.91 Å². The molecule has 2 aliphatic rings. The molecule has 0 spiro atoms. The lowest BCUT2D eigenvalue weighted by atomic mass is 9.84. The third kappa shape index (κ3) is 3.47. The van der Waals surface area contributed by atoms with Crippen molar-refractivity contribution in [3.63, 3.8) is 0 Å². The summed E-state index contributed by atoms with van der Waals surface area (Å²) >= 11 is 0. The number of nitrogens with zero attached hydrogens (tertiary/aromatic N) is 1. The summed E-state index contributed by atoms with van der Waals surface area (Å²) in [6.45, 7) is 0. The Morgan fingerprint density at radius 3 is 2.28 bits per heavy atom. The molecule has 0 saturated heterocycles. The molecule has 18 heavy (non-hydrogen) atoms. The van der Waals surface area contributed by atoms with E-state index in [2.05, 4.69) is 0 Å². The van der Waals surface area contributed by atoms with Crippen LogP contribution in [0, 0.1) is 5.92 Å². The molecule has 2 rings (SSSR count). The van der Waals surface area contributed by atoms with E-state index in [4.69, 9.17) is 5.73 Å². The van der Waals surface area contributed by atoms with Crippen molar-refractivity contribution in [3.8, 4) is 0 Å². The Bertz CT molecular complexity index is 268. The molecule has 1 atom stereocenters. The van der Waals surface area contributed by atoms with Crippen molar-refractivity contribution in [1.82, 2.24) is 4.90 Å². The summed E-state index contributed by atoms with van der Waals surface area (Å²) in [6.07, 6.45) is 12.3. The third-order valence-corrected chi connectivity index (χ3v) is 4.85. The van der Waals surface area contributed by atoms with E-state index in [0.717, 1.165) is 6.42 Å². The fraction of sp³-hybridized carbons (Fsp3) is 0.933. The minimum atomic E-state index is -0.265. The highest BCUT2D eigenvalue weighted by atomic mass is 16.2. The first-order chi connectivity index (χ1) is 8.68. The van der Waals surface area contributed by atoms with Crippen molar-refractivity contribution in [2.75, 3.05) is 7.05 Å². The monoisotopic (exact) mass is 252 g/mol. The van der Waals surface area contributed by atoms with Gasteiger partial charge in [0.05, 0.1) is 6.04 Å². The van der Waals surface area contributed by atoms with Gasteiger partial charge in [-0.2, -0.15) is 0 Å². The molecule has 2 fully saturated rings. The standard InChI is InChI=1S/C15H28N2O/c1-17(13-9-5-6-10-13)15(18)14(16)11-12-7-3-2-4-8-12/h12-14H,2-11,16H2,1H3. The van der Waals surface area contributed by atoms with Crippen LogP contribution in [0.4, 0.5) is 0 Å². The van der Waals surface area contributed by atoms with Crippen LogP contribution >= 0.6 is 0 Å². The van der Waals surface area contributed by atoms with E-state index in [1.807, 2.05) is 11.9 Å². The molecule has 1 amide bonds. The van der Waals surface area contributed by atoms with Crippen LogP contribution in [-0.4, -0.2) is 29.9 Å². The summed E-state index contributed by atoms with van der Waals surface area (Å²) < 4.78 is 0. The second kappa shape index (κ2) is 6.55. The Labute approximate surface area is 111 Å². The maximum Gasteiger partial charge on any atom is 0.239 e. The van der Waals surface area contributed by atoms with E-state index >= 15 is 0 Å². The van der Waals surface area contributed by atoms with Crippen LogP contribution in [0.25, 0.3) is 0 Å². The molecule has 2 N–H and O–H groups in total. The van der Waals surface area contributed by atoms with E-state index in [-0.39, 0.29) is 11.9 Å². The first-order valence-electron chi connectivity index (χ1n) is 7.70. The lowest BCUT2D eigenvalue weighted by Gasteiger charge is -2.30. The molecule has 0 heterocycles. The Morgan fingerprint density at radius 2 is 1.67 bits per heavy atom. The molecule has 3 heteroatoms. The van der Waals surface area contributed by atoms with Crippen LogP contribution < -0.4 is 5.73 Å². The summed E-state index contributed by atoms with van der Waals surface area (Å²) in [6, 6.07) is 0.189. The number of likely N-dealkylation sites (N-methyl/N-ethyl adjacent to an activating group) is 1.